The average Bonchev–Trinajstić information content (AvgIpc) is 3.09. The summed E-state index contributed by atoms with van der Waals surface area (Å²) >= 11 is 0. The van der Waals surface area contributed by atoms with Crippen LogP contribution in [0.3, 0.4) is 0 Å². The predicted molar refractivity (Wildman–Crippen MR) is 84.8 cm³/mol. The van der Waals surface area contributed by atoms with E-state index < -0.39 is 0 Å². The van der Waals surface area contributed by atoms with E-state index in [0.29, 0.717) is 0 Å². The minimum Gasteiger partial charge on any atom is -0.355 e. The van der Waals surface area contributed by atoms with E-state index in [1.165, 1.54) is 5.56 Å². The second-order valence-electron chi connectivity index (χ2n) is 6.63. The number of nitrogens with zero attached hydrogens (tertiary/aromatic N) is 4. The topological polar surface area (TPSA) is 65.1 Å². The monoisotopic (exact) mass is 299 g/mol. The molecule has 0 radical (unpaired) electrons. The lowest BCUT2D eigenvalue weighted by molar-refractivity contribution is -0.128. The number of rotatable bonds is 2. The molecule has 1 spiro atoms. The third-order valence-electron chi connectivity index (χ3n) is 5.15. The molecular weight excluding hydrogens is 278 g/mol. The lowest BCUT2D eigenvalue weighted by Gasteiger charge is -2.48. The van der Waals surface area contributed by atoms with Crippen molar-refractivity contribution in [2.45, 2.75) is 26.7 Å². The molecule has 0 unspecified atom stereocenters. The summed E-state index contributed by atoms with van der Waals surface area (Å²) in [7, 11) is 0. The summed E-state index contributed by atoms with van der Waals surface area (Å²) in [4.78, 5) is 27.9. The van der Waals surface area contributed by atoms with Crippen LogP contribution in [-0.2, 0) is 11.2 Å². The smallest absolute Gasteiger partial charge is 0.219 e. The molecule has 2 aromatic heterocycles. The van der Waals surface area contributed by atoms with Gasteiger partial charge in [-0.2, -0.15) is 0 Å². The second kappa shape index (κ2) is 4.69. The fourth-order valence-corrected chi connectivity index (χ4v) is 3.90. The summed E-state index contributed by atoms with van der Waals surface area (Å²) in [5.41, 5.74) is 2.45. The maximum atomic E-state index is 11.5. The van der Waals surface area contributed by atoms with Crippen molar-refractivity contribution in [3.63, 3.8) is 0 Å². The Hall–Kier alpha value is -2.11. The average molecular weight is 299 g/mol. The minimum atomic E-state index is 0.193. The Morgan fingerprint density at radius 1 is 1.36 bits per heavy atom. The first-order valence-electron chi connectivity index (χ1n) is 7.93. The highest BCUT2D eigenvalue weighted by Gasteiger charge is 2.49. The SMILES string of the molecule is CCc1c[nH]c2ncnc(N3CC4(CCN(C(C)=O)C4)C3)c12. The maximum Gasteiger partial charge on any atom is 0.219 e. The summed E-state index contributed by atoms with van der Waals surface area (Å²) in [5, 5.41) is 1.15. The molecule has 0 bridgehead atoms. The third kappa shape index (κ3) is 1.90. The van der Waals surface area contributed by atoms with Gasteiger partial charge in [0, 0.05) is 44.7 Å². The van der Waals surface area contributed by atoms with Crippen molar-refractivity contribution < 1.29 is 4.79 Å². The van der Waals surface area contributed by atoms with Gasteiger partial charge in [0.05, 0.1) is 5.39 Å². The highest BCUT2D eigenvalue weighted by atomic mass is 16.2. The van der Waals surface area contributed by atoms with Crippen LogP contribution in [0.2, 0.25) is 0 Å². The van der Waals surface area contributed by atoms with Gasteiger partial charge in [-0.25, -0.2) is 9.97 Å². The van der Waals surface area contributed by atoms with Crippen LogP contribution < -0.4 is 4.90 Å². The van der Waals surface area contributed by atoms with Crippen molar-refractivity contribution >= 4 is 22.8 Å². The highest BCUT2D eigenvalue weighted by molar-refractivity contribution is 5.91. The number of hydrogen-bond acceptors (Lipinski definition) is 4. The Labute approximate surface area is 129 Å². The molecule has 0 aliphatic carbocycles. The van der Waals surface area contributed by atoms with Crippen molar-refractivity contribution in [3.8, 4) is 0 Å². The van der Waals surface area contributed by atoms with Gasteiger partial charge in [0.25, 0.3) is 0 Å². The Morgan fingerprint density at radius 2 is 2.18 bits per heavy atom. The fraction of sp³-hybridized carbons (Fsp3) is 0.562. The number of likely N-dealkylation sites (tertiary alicyclic amines) is 1. The molecule has 1 amide bonds. The molecule has 2 saturated heterocycles. The van der Waals surface area contributed by atoms with Crippen molar-refractivity contribution in [1.82, 2.24) is 19.9 Å². The zero-order valence-corrected chi connectivity index (χ0v) is 13.1. The van der Waals surface area contributed by atoms with Gasteiger partial charge in [-0.1, -0.05) is 6.92 Å². The predicted octanol–water partition coefficient (Wildman–Crippen LogP) is 1.58. The van der Waals surface area contributed by atoms with Crippen molar-refractivity contribution in [2.24, 2.45) is 5.41 Å². The normalized spacial score (nSPS) is 19.9. The van der Waals surface area contributed by atoms with Gasteiger partial charge in [0.15, 0.2) is 0 Å². The molecule has 6 nitrogen and oxygen atoms in total. The summed E-state index contributed by atoms with van der Waals surface area (Å²) in [6, 6.07) is 0. The van der Waals surface area contributed by atoms with E-state index in [9.17, 15) is 4.79 Å². The number of aryl methyl sites for hydroxylation is 1. The van der Waals surface area contributed by atoms with Crippen LogP contribution in [0.5, 0.6) is 0 Å². The number of fused-ring (bicyclic) bond motifs is 1. The van der Waals surface area contributed by atoms with Crippen LogP contribution in [0.15, 0.2) is 12.5 Å². The largest absolute Gasteiger partial charge is 0.355 e. The van der Waals surface area contributed by atoms with Crippen molar-refractivity contribution in [3.05, 3.63) is 18.1 Å². The number of carbonyl (C=O) groups is 1. The minimum absolute atomic E-state index is 0.193. The molecule has 0 aromatic carbocycles. The van der Waals surface area contributed by atoms with Crippen LogP contribution >= 0.6 is 0 Å². The first kappa shape index (κ1) is 13.5. The Balaban J connectivity index is 1.59. The molecule has 0 atom stereocenters. The quantitative estimate of drug-likeness (QED) is 0.914. The lowest BCUT2D eigenvalue weighted by atomic mass is 9.79. The van der Waals surface area contributed by atoms with E-state index in [-0.39, 0.29) is 11.3 Å². The van der Waals surface area contributed by atoms with Crippen LogP contribution in [0.25, 0.3) is 11.0 Å². The van der Waals surface area contributed by atoms with Crippen LogP contribution in [-0.4, -0.2) is 51.9 Å². The van der Waals surface area contributed by atoms with Crippen LogP contribution in [0.1, 0.15) is 25.8 Å². The molecule has 6 heteroatoms. The van der Waals surface area contributed by atoms with E-state index >= 15 is 0 Å². The van der Waals surface area contributed by atoms with Gasteiger partial charge in [-0.05, 0) is 18.4 Å². The lowest BCUT2D eigenvalue weighted by Crippen LogP contribution is -2.58. The first-order chi connectivity index (χ1) is 10.6. The van der Waals surface area contributed by atoms with Crippen LogP contribution in [0.4, 0.5) is 5.82 Å². The maximum absolute atomic E-state index is 11.5. The summed E-state index contributed by atoms with van der Waals surface area (Å²) < 4.78 is 0. The zero-order valence-electron chi connectivity index (χ0n) is 13.1. The Morgan fingerprint density at radius 3 is 2.86 bits per heavy atom. The standard InChI is InChI=1S/C16H21N5O/c1-3-12-6-17-14-13(12)15(19-10-18-14)21-8-16(9-21)4-5-20(7-16)11(2)22/h6,10H,3-5,7-9H2,1-2H3,(H,17,18,19). The molecule has 4 rings (SSSR count). The molecule has 0 saturated carbocycles. The highest BCUT2D eigenvalue weighted by Crippen LogP contribution is 2.43. The third-order valence-corrected chi connectivity index (χ3v) is 5.15. The molecule has 22 heavy (non-hydrogen) atoms. The summed E-state index contributed by atoms with van der Waals surface area (Å²) in [6.07, 6.45) is 5.74. The Bertz CT molecular complexity index is 731. The molecule has 2 aliphatic rings. The van der Waals surface area contributed by atoms with Crippen LogP contribution in [0, 0.1) is 5.41 Å². The molecule has 2 aliphatic heterocycles. The number of carbonyl (C=O) groups excluding carboxylic acids is 1. The second-order valence-corrected chi connectivity index (χ2v) is 6.63. The van der Waals surface area contributed by atoms with Gasteiger partial charge in [-0.15, -0.1) is 0 Å². The van der Waals surface area contributed by atoms with Gasteiger partial charge in [0.2, 0.25) is 5.91 Å². The Kier molecular flexibility index (Phi) is 2.89. The van der Waals surface area contributed by atoms with Gasteiger partial charge < -0.3 is 14.8 Å². The van der Waals surface area contributed by atoms with Gasteiger partial charge in [0.1, 0.15) is 17.8 Å². The molecule has 2 aromatic rings. The number of nitrogens with one attached hydrogen (secondary N) is 1. The summed E-state index contributed by atoms with van der Waals surface area (Å²) in [5.74, 6) is 1.23. The van der Waals surface area contributed by atoms with E-state index in [0.717, 1.165) is 55.9 Å². The van der Waals surface area contributed by atoms with E-state index in [4.69, 9.17) is 0 Å². The summed E-state index contributed by atoms with van der Waals surface area (Å²) in [6.45, 7) is 7.57. The van der Waals surface area contributed by atoms with Crippen molar-refractivity contribution in [2.75, 3.05) is 31.1 Å². The van der Waals surface area contributed by atoms with E-state index in [1.54, 1.807) is 13.3 Å². The number of hydrogen-bond donors (Lipinski definition) is 1. The van der Waals surface area contributed by atoms with Gasteiger partial charge in [-0.3, -0.25) is 4.79 Å². The number of anilines is 1. The van der Waals surface area contributed by atoms with E-state index in [1.807, 2.05) is 11.1 Å². The number of aromatic amines is 1. The number of aromatic nitrogens is 3. The molecule has 1 N–H and O–H groups in total. The number of H-pyrrole nitrogens is 1. The first-order valence-corrected chi connectivity index (χ1v) is 7.93. The van der Waals surface area contributed by atoms with Gasteiger partial charge >= 0.3 is 0 Å². The molecule has 4 heterocycles. The van der Waals surface area contributed by atoms with Crippen molar-refractivity contribution in [1.29, 1.82) is 0 Å². The zero-order chi connectivity index (χ0) is 15.3. The number of amides is 1. The van der Waals surface area contributed by atoms with E-state index in [2.05, 4.69) is 26.8 Å². The molecule has 116 valence electrons. The fourth-order valence-electron chi connectivity index (χ4n) is 3.90. The molecular formula is C16H21N5O. The molecule has 2 fully saturated rings.